The monoisotopic (exact) mass is 256 g/mol. The van der Waals surface area contributed by atoms with Gasteiger partial charge in [0.1, 0.15) is 0 Å². The highest BCUT2D eigenvalue weighted by Crippen LogP contribution is 2.17. The first-order chi connectivity index (χ1) is 8.65. The molecule has 1 N–H and O–H groups in total. The van der Waals surface area contributed by atoms with Gasteiger partial charge in [-0.3, -0.25) is 0 Å². The molecule has 0 saturated carbocycles. The van der Waals surface area contributed by atoms with E-state index in [0.29, 0.717) is 12.0 Å². The van der Waals surface area contributed by atoms with E-state index in [1.54, 1.807) is 0 Å². The maximum Gasteiger partial charge on any atom is 0.0506 e. The number of ether oxygens (including phenoxy) is 1. The van der Waals surface area contributed by atoms with Crippen molar-refractivity contribution in [3.8, 4) is 0 Å². The molecule has 3 heteroatoms. The zero-order valence-electron chi connectivity index (χ0n) is 12.7. The van der Waals surface area contributed by atoms with Gasteiger partial charge in [0, 0.05) is 19.2 Å². The first-order valence-electron chi connectivity index (χ1n) is 7.63. The van der Waals surface area contributed by atoms with Crippen molar-refractivity contribution in [2.75, 3.05) is 39.9 Å². The molecule has 3 unspecified atom stereocenters. The second-order valence-electron chi connectivity index (χ2n) is 5.94. The van der Waals surface area contributed by atoms with E-state index >= 15 is 0 Å². The lowest BCUT2D eigenvalue weighted by Crippen LogP contribution is -2.42. The van der Waals surface area contributed by atoms with Gasteiger partial charge in [-0.15, -0.1) is 0 Å². The molecule has 1 rings (SSSR count). The van der Waals surface area contributed by atoms with Crippen molar-refractivity contribution in [3.63, 3.8) is 0 Å². The Bertz CT molecular complexity index is 205. The Morgan fingerprint density at radius 3 is 2.78 bits per heavy atom. The Morgan fingerprint density at radius 1 is 1.39 bits per heavy atom. The maximum atomic E-state index is 5.56. The van der Waals surface area contributed by atoms with Crippen molar-refractivity contribution in [3.05, 3.63) is 0 Å². The Hall–Kier alpha value is -0.120. The lowest BCUT2D eigenvalue weighted by Gasteiger charge is -2.34. The average Bonchev–Trinajstić information content (AvgIpc) is 2.39. The van der Waals surface area contributed by atoms with Crippen molar-refractivity contribution >= 4 is 0 Å². The summed E-state index contributed by atoms with van der Waals surface area (Å²) in [6.45, 7) is 12.3. The summed E-state index contributed by atoms with van der Waals surface area (Å²) >= 11 is 0. The van der Waals surface area contributed by atoms with E-state index in [1.807, 2.05) is 0 Å². The van der Waals surface area contributed by atoms with Crippen LogP contribution in [0.5, 0.6) is 0 Å². The zero-order chi connectivity index (χ0) is 13.4. The molecule has 0 amide bonds. The molecular formula is C15H32N2O. The van der Waals surface area contributed by atoms with Crippen LogP contribution < -0.4 is 5.32 Å². The molecule has 0 aliphatic carbocycles. The van der Waals surface area contributed by atoms with Gasteiger partial charge in [0.15, 0.2) is 0 Å². The van der Waals surface area contributed by atoms with Crippen molar-refractivity contribution in [2.45, 2.75) is 46.1 Å². The molecule has 1 aliphatic heterocycles. The summed E-state index contributed by atoms with van der Waals surface area (Å²) in [5.41, 5.74) is 0. The minimum Gasteiger partial charge on any atom is -0.381 e. The van der Waals surface area contributed by atoms with Crippen LogP contribution in [-0.4, -0.2) is 50.8 Å². The number of nitrogens with one attached hydrogen (secondary N) is 1. The number of hydrogen-bond acceptors (Lipinski definition) is 3. The molecule has 1 fully saturated rings. The molecule has 0 spiro atoms. The molecule has 0 bridgehead atoms. The molecule has 0 radical (unpaired) electrons. The maximum absolute atomic E-state index is 5.56. The van der Waals surface area contributed by atoms with Crippen LogP contribution >= 0.6 is 0 Å². The molecule has 0 aromatic carbocycles. The second kappa shape index (κ2) is 8.89. The summed E-state index contributed by atoms with van der Waals surface area (Å²) in [5, 5.41) is 3.52. The second-order valence-corrected chi connectivity index (χ2v) is 5.94. The Labute approximate surface area is 113 Å². The van der Waals surface area contributed by atoms with Gasteiger partial charge < -0.3 is 15.0 Å². The highest BCUT2D eigenvalue weighted by molar-refractivity contribution is 4.75. The standard InChI is InChI=1S/C15H32N2O/c1-5-8-16-10-13(2)14(3)17(4)11-15-7-6-9-18-12-15/h13-16H,5-12H2,1-4H3. The molecule has 108 valence electrons. The van der Waals surface area contributed by atoms with Crippen molar-refractivity contribution in [2.24, 2.45) is 11.8 Å². The molecule has 0 aromatic heterocycles. The van der Waals surface area contributed by atoms with Gasteiger partial charge in [0.2, 0.25) is 0 Å². The fourth-order valence-electron chi connectivity index (χ4n) is 2.64. The summed E-state index contributed by atoms with van der Waals surface area (Å²) in [6, 6.07) is 0.635. The van der Waals surface area contributed by atoms with Crippen LogP contribution in [0.15, 0.2) is 0 Å². The van der Waals surface area contributed by atoms with E-state index in [1.165, 1.54) is 25.8 Å². The van der Waals surface area contributed by atoms with Crippen LogP contribution in [-0.2, 0) is 4.74 Å². The fraction of sp³-hybridized carbons (Fsp3) is 1.00. The quantitative estimate of drug-likeness (QED) is 0.675. The highest BCUT2D eigenvalue weighted by Gasteiger charge is 2.21. The molecule has 0 aromatic rings. The fourth-order valence-corrected chi connectivity index (χ4v) is 2.64. The highest BCUT2D eigenvalue weighted by atomic mass is 16.5. The van der Waals surface area contributed by atoms with Crippen molar-refractivity contribution < 1.29 is 4.74 Å². The molecule has 1 saturated heterocycles. The summed E-state index contributed by atoms with van der Waals surface area (Å²) < 4.78 is 5.56. The predicted molar refractivity (Wildman–Crippen MR) is 78.0 cm³/mol. The average molecular weight is 256 g/mol. The third-order valence-electron chi connectivity index (χ3n) is 4.21. The van der Waals surface area contributed by atoms with E-state index in [0.717, 1.165) is 32.2 Å². The van der Waals surface area contributed by atoms with Gasteiger partial charge in [-0.2, -0.15) is 0 Å². The Balaban J connectivity index is 2.23. The van der Waals surface area contributed by atoms with E-state index < -0.39 is 0 Å². The lowest BCUT2D eigenvalue weighted by atomic mass is 9.98. The van der Waals surface area contributed by atoms with Crippen molar-refractivity contribution in [1.29, 1.82) is 0 Å². The van der Waals surface area contributed by atoms with Crippen LogP contribution in [0.1, 0.15) is 40.0 Å². The third-order valence-corrected chi connectivity index (χ3v) is 4.21. The normalized spacial score (nSPS) is 24.2. The van der Waals surface area contributed by atoms with Gasteiger partial charge in [-0.25, -0.2) is 0 Å². The Kier molecular flexibility index (Phi) is 7.87. The van der Waals surface area contributed by atoms with Gasteiger partial charge >= 0.3 is 0 Å². The van der Waals surface area contributed by atoms with Crippen LogP contribution in [0.3, 0.4) is 0 Å². The van der Waals surface area contributed by atoms with Crippen LogP contribution in [0, 0.1) is 11.8 Å². The minimum absolute atomic E-state index is 0.635. The number of hydrogen-bond donors (Lipinski definition) is 1. The molecule has 3 atom stereocenters. The first kappa shape index (κ1) is 15.9. The van der Waals surface area contributed by atoms with E-state index in [-0.39, 0.29) is 0 Å². The smallest absolute Gasteiger partial charge is 0.0506 e. The SMILES string of the molecule is CCCNCC(C)C(C)N(C)CC1CCCOC1. The molecular weight excluding hydrogens is 224 g/mol. The largest absolute Gasteiger partial charge is 0.381 e. The topological polar surface area (TPSA) is 24.5 Å². The minimum atomic E-state index is 0.635. The van der Waals surface area contributed by atoms with E-state index in [4.69, 9.17) is 4.74 Å². The molecule has 3 nitrogen and oxygen atoms in total. The van der Waals surface area contributed by atoms with Gasteiger partial charge in [0.05, 0.1) is 6.61 Å². The molecule has 1 heterocycles. The first-order valence-corrected chi connectivity index (χ1v) is 7.63. The van der Waals surface area contributed by atoms with Crippen LogP contribution in [0.2, 0.25) is 0 Å². The van der Waals surface area contributed by atoms with Crippen LogP contribution in [0.25, 0.3) is 0 Å². The number of rotatable bonds is 8. The van der Waals surface area contributed by atoms with Crippen LogP contribution in [0.4, 0.5) is 0 Å². The third kappa shape index (κ3) is 5.68. The molecule has 1 aliphatic rings. The summed E-state index contributed by atoms with van der Waals surface area (Å²) in [6.07, 6.45) is 3.79. The molecule has 18 heavy (non-hydrogen) atoms. The van der Waals surface area contributed by atoms with E-state index in [9.17, 15) is 0 Å². The van der Waals surface area contributed by atoms with Gasteiger partial charge in [0.25, 0.3) is 0 Å². The Morgan fingerprint density at radius 2 is 2.17 bits per heavy atom. The van der Waals surface area contributed by atoms with Crippen molar-refractivity contribution in [1.82, 2.24) is 10.2 Å². The summed E-state index contributed by atoms with van der Waals surface area (Å²) in [5.74, 6) is 1.44. The predicted octanol–water partition coefficient (Wildman–Crippen LogP) is 2.37. The number of nitrogens with zero attached hydrogens (tertiary/aromatic N) is 1. The lowest BCUT2D eigenvalue weighted by molar-refractivity contribution is 0.0334. The van der Waals surface area contributed by atoms with Gasteiger partial charge in [-0.1, -0.05) is 13.8 Å². The zero-order valence-corrected chi connectivity index (χ0v) is 12.7. The van der Waals surface area contributed by atoms with Gasteiger partial charge in [-0.05, 0) is 58.2 Å². The summed E-state index contributed by atoms with van der Waals surface area (Å²) in [4.78, 5) is 2.51. The van der Waals surface area contributed by atoms with E-state index in [2.05, 4.69) is 38.0 Å². The summed E-state index contributed by atoms with van der Waals surface area (Å²) in [7, 11) is 2.26.